The molecule has 2 heterocycles. The van der Waals surface area contributed by atoms with E-state index in [9.17, 15) is 14.0 Å². The highest BCUT2D eigenvalue weighted by atomic mass is 19.1. The van der Waals surface area contributed by atoms with Crippen LogP contribution in [0.3, 0.4) is 0 Å². The van der Waals surface area contributed by atoms with E-state index >= 15 is 0 Å². The Morgan fingerprint density at radius 1 is 0.967 bits per heavy atom. The lowest BCUT2D eigenvalue weighted by atomic mass is 10.1. The van der Waals surface area contributed by atoms with E-state index in [4.69, 9.17) is 0 Å². The summed E-state index contributed by atoms with van der Waals surface area (Å²) in [4.78, 5) is 30.2. The standard InChI is InChI=1S/C23H27FN4O2/c24-20-6-8-21(9-7-20)26-11-13-27(14-12-26)23(30)25-16-18-3-1-4-19(15-18)17-28-10-2-5-22(28)29/h1,3-4,6-9,15H,2,5,10-14,16-17H2,(H,25,30). The van der Waals surface area contributed by atoms with Crippen LogP contribution in [0.5, 0.6) is 0 Å². The fourth-order valence-electron chi connectivity index (χ4n) is 4.04. The zero-order chi connectivity index (χ0) is 20.9. The van der Waals surface area contributed by atoms with Gasteiger partial charge in [0, 0.05) is 57.9 Å². The first-order valence-electron chi connectivity index (χ1n) is 10.5. The Morgan fingerprint density at radius 3 is 2.40 bits per heavy atom. The van der Waals surface area contributed by atoms with Gasteiger partial charge in [0.15, 0.2) is 0 Å². The van der Waals surface area contributed by atoms with Crippen LogP contribution >= 0.6 is 0 Å². The Hall–Kier alpha value is -3.09. The van der Waals surface area contributed by atoms with Gasteiger partial charge in [0.25, 0.3) is 0 Å². The molecule has 0 unspecified atom stereocenters. The van der Waals surface area contributed by atoms with Crippen molar-refractivity contribution in [2.75, 3.05) is 37.6 Å². The first-order chi connectivity index (χ1) is 14.6. The van der Waals surface area contributed by atoms with Crippen molar-refractivity contribution in [2.24, 2.45) is 0 Å². The predicted octanol–water partition coefficient (Wildman–Crippen LogP) is 2.98. The van der Waals surface area contributed by atoms with Crippen molar-refractivity contribution in [3.63, 3.8) is 0 Å². The second-order valence-electron chi connectivity index (χ2n) is 7.85. The summed E-state index contributed by atoms with van der Waals surface area (Å²) < 4.78 is 13.1. The van der Waals surface area contributed by atoms with Crippen molar-refractivity contribution in [3.05, 3.63) is 65.5 Å². The summed E-state index contributed by atoms with van der Waals surface area (Å²) in [5, 5.41) is 3.00. The van der Waals surface area contributed by atoms with Crippen LogP contribution in [0, 0.1) is 5.82 Å². The summed E-state index contributed by atoms with van der Waals surface area (Å²) in [5.74, 6) is -0.0265. The molecule has 0 bridgehead atoms. The minimum absolute atomic E-state index is 0.0751. The van der Waals surface area contributed by atoms with E-state index in [1.807, 2.05) is 28.0 Å². The Morgan fingerprint density at radius 2 is 1.70 bits per heavy atom. The first kappa shape index (κ1) is 20.2. The molecule has 0 atom stereocenters. The molecule has 0 aliphatic carbocycles. The molecule has 158 valence electrons. The Bertz CT molecular complexity index is 894. The predicted molar refractivity (Wildman–Crippen MR) is 114 cm³/mol. The van der Waals surface area contributed by atoms with Gasteiger partial charge < -0.3 is 20.0 Å². The topological polar surface area (TPSA) is 55.9 Å². The van der Waals surface area contributed by atoms with Gasteiger partial charge in [-0.1, -0.05) is 24.3 Å². The number of piperazine rings is 1. The van der Waals surface area contributed by atoms with Crippen molar-refractivity contribution >= 4 is 17.6 Å². The fourth-order valence-corrected chi connectivity index (χ4v) is 4.04. The molecule has 30 heavy (non-hydrogen) atoms. The first-order valence-corrected chi connectivity index (χ1v) is 10.5. The molecule has 2 saturated heterocycles. The van der Waals surface area contributed by atoms with Crippen molar-refractivity contribution in [1.82, 2.24) is 15.1 Å². The summed E-state index contributed by atoms with van der Waals surface area (Å²) in [6, 6.07) is 14.4. The van der Waals surface area contributed by atoms with Gasteiger partial charge in [0.05, 0.1) is 0 Å². The van der Waals surface area contributed by atoms with Crippen LogP contribution in [-0.2, 0) is 17.9 Å². The Kier molecular flexibility index (Phi) is 6.16. The van der Waals surface area contributed by atoms with Gasteiger partial charge in [0.1, 0.15) is 5.82 Å². The minimum Gasteiger partial charge on any atom is -0.368 e. The third-order valence-electron chi connectivity index (χ3n) is 5.74. The molecule has 1 N–H and O–H groups in total. The second kappa shape index (κ2) is 9.15. The van der Waals surface area contributed by atoms with Crippen LogP contribution in [0.1, 0.15) is 24.0 Å². The van der Waals surface area contributed by atoms with Crippen molar-refractivity contribution in [3.8, 4) is 0 Å². The molecule has 7 heteroatoms. The van der Waals surface area contributed by atoms with Crippen LogP contribution in [0.4, 0.5) is 14.9 Å². The third-order valence-corrected chi connectivity index (χ3v) is 5.74. The number of hydrogen-bond acceptors (Lipinski definition) is 3. The number of carbonyl (C=O) groups excluding carboxylic acids is 2. The maximum absolute atomic E-state index is 13.1. The molecule has 2 aliphatic rings. The largest absolute Gasteiger partial charge is 0.368 e. The van der Waals surface area contributed by atoms with Crippen LogP contribution in [0.25, 0.3) is 0 Å². The smallest absolute Gasteiger partial charge is 0.317 e. The number of halogens is 1. The number of anilines is 1. The third kappa shape index (κ3) is 4.90. The van der Waals surface area contributed by atoms with Gasteiger partial charge >= 0.3 is 6.03 Å². The van der Waals surface area contributed by atoms with E-state index in [-0.39, 0.29) is 17.8 Å². The number of amides is 3. The second-order valence-corrected chi connectivity index (χ2v) is 7.85. The van der Waals surface area contributed by atoms with Crippen molar-refractivity contribution < 1.29 is 14.0 Å². The number of urea groups is 1. The summed E-state index contributed by atoms with van der Waals surface area (Å²) in [5.41, 5.74) is 3.09. The van der Waals surface area contributed by atoms with Gasteiger partial charge in [-0.15, -0.1) is 0 Å². The quantitative estimate of drug-likeness (QED) is 0.825. The number of nitrogens with zero attached hydrogens (tertiary/aromatic N) is 3. The maximum Gasteiger partial charge on any atom is 0.317 e. The Labute approximate surface area is 176 Å². The van der Waals surface area contributed by atoms with Crippen molar-refractivity contribution in [1.29, 1.82) is 0 Å². The zero-order valence-corrected chi connectivity index (χ0v) is 17.0. The minimum atomic E-state index is -0.243. The van der Waals surface area contributed by atoms with E-state index in [0.717, 1.165) is 42.9 Å². The molecular formula is C23H27FN4O2. The van der Waals surface area contributed by atoms with E-state index in [1.54, 1.807) is 12.1 Å². The highest BCUT2D eigenvalue weighted by Gasteiger charge is 2.22. The molecule has 2 aromatic rings. The van der Waals surface area contributed by atoms with E-state index < -0.39 is 0 Å². The number of rotatable bonds is 5. The normalized spacial score (nSPS) is 16.8. The van der Waals surface area contributed by atoms with Gasteiger partial charge in [-0.2, -0.15) is 0 Å². The molecule has 0 saturated carbocycles. The van der Waals surface area contributed by atoms with E-state index in [1.165, 1.54) is 12.1 Å². The molecule has 0 spiro atoms. The number of nitrogens with one attached hydrogen (secondary N) is 1. The number of carbonyl (C=O) groups is 2. The molecule has 2 aliphatic heterocycles. The molecule has 6 nitrogen and oxygen atoms in total. The SMILES string of the molecule is O=C1CCCN1Cc1cccc(CNC(=O)N2CCN(c3ccc(F)cc3)CC2)c1. The number of benzene rings is 2. The van der Waals surface area contributed by atoms with Gasteiger partial charge in [-0.05, 0) is 41.8 Å². The zero-order valence-electron chi connectivity index (χ0n) is 17.0. The van der Waals surface area contributed by atoms with Crippen LogP contribution in [0.2, 0.25) is 0 Å². The lowest BCUT2D eigenvalue weighted by molar-refractivity contribution is -0.128. The molecule has 2 fully saturated rings. The lowest BCUT2D eigenvalue weighted by Crippen LogP contribution is -2.51. The highest BCUT2D eigenvalue weighted by Crippen LogP contribution is 2.17. The van der Waals surface area contributed by atoms with Crippen LogP contribution < -0.4 is 10.2 Å². The summed E-state index contributed by atoms with van der Waals surface area (Å²) in [6.07, 6.45) is 1.58. The summed E-state index contributed by atoms with van der Waals surface area (Å²) >= 11 is 0. The monoisotopic (exact) mass is 410 g/mol. The molecule has 3 amide bonds. The molecular weight excluding hydrogens is 383 g/mol. The average Bonchev–Trinajstić information content (AvgIpc) is 3.17. The van der Waals surface area contributed by atoms with Gasteiger partial charge in [0.2, 0.25) is 5.91 Å². The summed E-state index contributed by atoms with van der Waals surface area (Å²) in [6.45, 7) is 4.60. The van der Waals surface area contributed by atoms with E-state index in [2.05, 4.69) is 16.3 Å². The van der Waals surface area contributed by atoms with E-state index in [0.29, 0.717) is 32.6 Å². The molecule has 2 aromatic carbocycles. The number of likely N-dealkylation sites (tertiary alicyclic amines) is 1. The molecule has 0 radical (unpaired) electrons. The lowest BCUT2D eigenvalue weighted by Gasteiger charge is -2.36. The van der Waals surface area contributed by atoms with Crippen molar-refractivity contribution in [2.45, 2.75) is 25.9 Å². The van der Waals surface area contributed by atoms with Crippen LogP contribution in [0.15, 0.2) is 48.5 Å². The number of hydrogen-bond donors (Lipinski definition) is 1. The van der Waals surface area contributed by atoms with Gasteiger partial charge in [-0.25, -0.2) is 9.18 Å². The Balaban J connectivity index is 1.25. The van der Waals surface area contributed by atoms with Gasteiger partial charge in [-0.3, -0.25) is 4.79 Å². The highest BCUT2D eigenvalue weighted by molar-refractivity contribution is 5.78. The fraction of sp³-hybridized carbons (Fsp3) is 0.391. The summed E-state index contributed by atoms with van der Waals surface area (Å²) in [7, 11) is 0. The average molecular weight is 410 g/mol. The van der Waals surface area contributed by atoms with Crippen LogP contribution in [-0.4, -0.2) is 54.5 Å². The molecule has 0 aromatic heterocycles. The molecule has 4 rings (SSSR count). The maximum atomic E-state index is 13.1.